The molecule has 0 radical (unpaired) electrons. The summed E-state index contributed by atoms with van der Waals surface area (Å²) in [7, 11) is 0. The highest BCUT2D eigenvalue weighted by Crippen LogP contribution is 2.11. The fourth-order valence-corrected chi connectivity index (χ4v) is 0.700. The predicted octanol–water partition coefficient (Wildman–Crippen LogP) is 1.60. The third kappa shape index (κ3) is 1.34. The van der Waals surface area contributed by atoms with Gasteiger partial charge in [-0.25, -0.2) is 6.57 Å². The molecule has 0 aliphatic rings. The van der Waals surface area contributed by atoms with E-state index in [-0.39, 0.29) is 0 Å². The Morgan fingerprint density at radius 1 is 1.30 bits per heavy atom. The minimum Gasteiger partial charge on any atom is -0.322 e. The number of aliphatic hydroxyl groups is 1. The quantitative estimate of drug-likeness (QED) is 0.578. The first kappa shape index (κ1) is 6.79. The number of aliphatic hydroxyl groups excluding tert-OH is 1. The largest absolute Gasteiger partial charge is 0.352 e. The van der Waals surface area contributed by atoms with Crippen LogP contribution < -0.4 is 0 Å². The number of hydrogen-bond donors (Lipinski definition) is 1. The molecule has 0 saturated heterocycles. The normalized spacial score (nSPS) is 12.0. The van der Waals surface area contributed by atoms with Gasteiger partial charge in [-0.15, -0.1) is 0 Å². The van der Waals surface area contributed by atoms with Crippen molar-refractivity contribution in [3.8, 4) is 0 Å². The lowest BCUT2D eigenvalue weighted by Gasteiger charge is -1.94. The summed E-state index contributed by atoms with van der Waals surface area (Å²) in [6.45, 7) is 6.52. The monoisotopic (exact) mass is 133 g/mol. The Morgan fingerprint density at radius 3 is 2.40 bits per heavy atom. The average molecular weight is 133 g/mol. The maximum Gasteiger partial charge on any atom is 0.352 e. The molecule has 0 aliphatic heterocycles. The molecule has 0 heterocycles. The van der Waals surface area contributed by atoms with Gasteiger partial charge in [-0.05, 0) is 12.1 Å². The van der Waals surface area contributed by atoms with Crippen molar-refractivity contribution in [2.24, 2.45) is 0 Å². The Hall–Kier alpha value is -1.33. The van der Waals surface area contributed by atoms with Gasteiger partial charge in [0.15, 0.2) is 0 Å². The van der Waals surface area contributed by atoms with Gasteiger partial charge in [0.05, 0.1) is 5.56 Å². The van der Waals surface area contributed by atoms with E-state index in [9.17, 15) is 0 Å². The molecule has 1 aromatic carbocycles. The van der Waals surface area contributed by atoms with Crippen LogP contribution >= 0.6 is 0 Å². The van der Waals surface area contributed by atoms with Crippen molar-refractivity contribution in [3.63, 3.8) is 0 Å². The fourth-order valence-electron chi connectivity index (χ4n) is 0.700. The highest BCUT2D eigenvalue weighted by Gasteiger charge is 2.07. The maximum atomic E-state index is 8.98. The minimum absolute atomic E-state index is 0.650. The van der Waals surface area contributed by atoms with Crippen LogP contribution in [0.1, 0.15) is 11.8 Å². The molecule has 1 unspecified atom stereocenters. The third-order valence-corrected chi connectivity index (χ3v) is 1.22. The van der Waals surface area contributed by atoms with Gasteiger partial charge in [0.1, 0.15) is 0 Å². The van der Waals surface area contributed by atoms with Crippen LogP contribution in [0.25, 0.3) is 4.85 Å². The lowest BCUT2D eigenvalue weighted by molar-refractivity contribution is 0.226. The molecular formula is C8H7NO. The van der Waals surface area contributed by atoms with Crippen molar-refractivity contribution in [2.75, 3.05) is 0 Å². The lowest BCUT2D eigenvalue weighted by Crippen LogP contribution is -1.88. The maximum absolute atomic E-state index is 8.98. The fraction of sp³-hybridized carbons (Fsp3) is 0.125. The van der Waals surface area contributed by atoms with E-state index < -0.39 is 6.23 Å². The summed E-state index contributed by atoms with van der Waals surface area (Å²) in [5.41, 5.74) is 0.650. The highest BCUT2D eigenvalue weighted by atomic mass is 16.3. The van der Waals surface area contributed by atoms with Crippen LogP contribution in [0.3, 0.4) is 0 Å². The Balaban J connectivity index is 2.88. The van der Waals surface area contributed by atoms with Crippen LogP contribution in [0.2, 0.25) is 0 Å². The Morgan fingerprint density at radius 2 is 1.90 bits per heavy atom. The van der Waals surface area contributed by atoms with Gasteiger partial charge in [-0.2, -0.15) is 0 Å². The Bertz CT molecular complexity index is 237. The molecular weight excluding hydrogens is 126 g/mol. The van der Waals surface area contributed by atoms with Gasteiger partial charge in [0, 0.05) is 0 Å². The van der Waals surface area contributed by atoms with Gasteiger partial charge in [-0.3, -0.25) is 4.85 Å². The molecule has 0 saturated carbocycles. The van der Waals surface area contributed by atoms with E-state index in [1.807, 2.05) is 6.07 Å². The van der Waals surface area contributed by atoms with Crippen LogP contribution in [0, 0.1) is 6.57 Å². The SMILES string of the molecule is [C-]#[N+]C(O)c1ccccc1. The summed E-state index contributed by atoms with van der Waals surface area (Å²) in [5.74, 6) is 0. The summed E-state index contributed by atoms with van der Waals surface area (Å²) >= 11 is 0. The molecule has 0 fully saturated rings. The topological polar surface area (TPSA) is 24.6 Å². The van der Waals surface area contributed by atoms with Gasteiger partial charge < -0.3 is 5.11 Å². The van der Waals surface area contributed by atoms with Crippen molar-refractivity contribution in [2.45, 2.75) is 6.23 Å². The molecule has 1 N–H and O–H groups in total. The highest BCUT2D eigenvalue weighted by molar-refractivity contribution is 5.18. The van der Waals surface area contributed by atoms with Gasteiger partial charge >= 0.3 is 6.23 Å². The average Bonchev–Trinajstić information content (AvgIpc) is 2.05. The lowest BCUT2D eigenvalue weighted by atomic mass is 10.2. The molecule has 1 aromatic rings. The molecule has 0 amide bonds. The summed E-state index contributed by atoms with van der Waals surface area (Å²) in [5, 5.41) is 8.98. The standard InChI is InChI=1S/C8H7NO/c1-9-8(10)7-5-3-2-4-6-7/h2-6,8,10H. The van der Waals surface area contributed by atoms with E-state index in [0.29, 0.717) is 5.56 Å². The first-order chi connectivity index (χ1) is 4.84. The van der Waals surface area contributed by atoms with E-state index in [0.717, 1.165) is 0 Å². The molecule has 0 bridgehead atoms. The number of hydrogen-bond acceptors (Lipinski definition) is 1. The zero-order valence-corrected chi connectivity index (χ0v) is 5.36. The third-order valence-electron chi connectivity index (χ3n) is 1.22. The molecule has 10 heavy (non-hydrogen) atoms. The first-order valence-corrected chi connectivity index (χ1v) is 2.94. The molecule has 0 aliphatic carbocycles. The first-order valence-electron chi connectivity index (χ1n) is 2.94. The summed E-state index contributed by atoms with van der Waals surface area (Å²) in [4.78, 5) is 2.96. The van der Waals surface area contributed by atoms with Crippen molar-refractivity contribution >= 4 is 0 Å². The van der Waals surface area contributed by atoms with Crippen LogP contribution in [-0.4, -0.2) is 5.11 Å². The second kappa shape index (κ2) is 3.00. The predicted molar refractivity (Wildman–Crippen MR) is 38.0 cm³/mol. The molecule has 2 nitrogen and oxygen atoms in total. The van der Waals surface area contributed by atoms with Crippen LogP contribution in [0.4, 0.5) is 0 Å². The molecule has 50 valence electrons. The molecule has 0 aromatic heterocycles. The van der Waals surface area contributed by atoms with Crippen molar-refractivity contribution < 1.29 is 5.11 Å². The van der Waals surface area contributed by atoms with Gasteiger partial charge in [0.25, 0.3) is 0 Å². The van der Waals surface area contributed by atoms with Crippen LogP contribution in [0.5, 0.6) is 0 Å². The van der Waals surface area contributed by atoms with E-state index in [4.69, 9.17) is 11.7 Å². The van der Waals surface area contributed by atoms with E-state index in [1.165, 1.54) is 0 Å². The zero-order valence-electron chi connectivity index (χ0n) is 5.36. The van der Waals surface area contributed by atoms with Crippen molar-refractivity contribution in [3.05, 3.63) is 47.3 Å². The summed E-state index contributed by atoms with van der Waals surface area (Å²) < 4.78 is 0. The van der Waals surface area contributed by atoms with Crippen molar-refractivity contribution in [1.82, 2.24) is 0 Å². The number of benzene rings is 1. The second-order valence-corrected chi connectivity index (χ2v) is 1.91. The van der Waals surface area contributed by atoms with Gasteiger partial charge in [-0.1, -0.05) is 18.2 Å². The summed E-state index contributed by atoms with van der Waals surface area (Å²) in [6.07, 6.45) is -0.999. The van der Waals surface area contributed by atoms with Gasteiger partial charge in [0.2, 0.25) is 0 Å². The zero-order chi connectivity index (χ0) is 7.40. The van der Waals surface area contributed by atoms with E-state index in [2.05, 4.69) is 4.85 Å². The number of rotatable bonds is 1. The van der Waals surface area contributed by atoms with E-state index >= 15 is 0 Å². The minimum atomic E-state index is -0.999. The second-order valence-electron chi connectivity index (χ2n) is 1.91. The molecule has 2 heteroatoms. The van der Waals surface area contributed by atoms with Crippen molar-refractivity contribution in [1.29, 1.82) is 0 Å². The Labute approximate surface area is 59.6 Å². The van der Waals surface area contributed by atoms with Crippen LogP contribution in [0.15, 0.2) is 30.3 Å². The number of nitrogens with zero attached hydrogens (tertiary/aromatic N) is 1. The van der Waals surface area contributed by atoms with E-state index in [1.54, 1.807) is 24.3 Å². The molecule has 0 spiro atoms. The smallest absolute Gasteiger partial charge is 0.322 e. The molecule has 1 atom stereocenters. The molecule has 1 rings (SSSR count). The Kier molecular flexibility index (Phi) is 2.03. The van der Waals surface area contributed by atoms with Crippen LogP contribution in [-0.2, 0) is 0 Å². The summed E-state index contributed by atoms with van der Waals surface area (Å²) in [6, 6.07) is 8.89.